The van der Waals surface area contributed by atoms with Crippen LogP contribution >= 0.6 is 0 Å². The summed E-state index contributed by atoms with van der Waals surface area (Å²) < 4.78 is 0. The van der Waals surface area contributed by atoms with Crippen molar-refractivity contribution in [1.29, 1.82) is 5.26 Å². The third-order valence-electron chi connectivity index (χ3n) is 3.56. The smallest absolute Gasteiger partial charge is 0.154 e. The SMILES string of the molecule is CCC(C)CC(=O)C(C#N)c1ccc(C)c(C)c1. The quantitative estimate of drug-likeness (QED) is 0.786. The summed E-state index contributed by atoms with van der Waals surface area (Å²) in [5.74, 6) is -0.228. The highest BCUT2D eigenvalue weighted by Crippen LogP contribution is 2.23. The molecule has 0 aliphatic rings. The Balaban J connectivity index is 2.93. The minimum atomic E-state index is -0.613. The second-order valence-corrected chi connectivity index (χ2v) is 5.09. The maximum Gasteiger partial charge on any atom is 0.154 e. The largest absolute Gasteiger partial charge is 0.298 e. The van der Waals surface area contributed by atoms with Crippen LogP contribution in [0.3, 0.4) is 0 Å². The normalized spacial score (nSPS) is 13.7. The van der Waals surface area contributed by atoms with Crippen molar-refractivity contribution in [2.75, 3.05) is 0 Å². The molecule has 2 heteroatoms. The molecule has 0 aliphatic heterocycles. The zero-order valence-electron chi connectivity index (χ0n) is 11.7. The maximum absolute atomic E-state index is 12.1. The maximum atomic E-state index is 12.1. The van der Waals surface area contributed by atoms with E-state index in [1.807, 2.05) is 39.0 Å². The second-order valence-electron chi connectivity index (χ2n) is 5.09. The molecule has 2 nitrogen and oxygen atoms in total. The van der Waals surface area contributed by atoms with Crippen molar-refractivity contribution in [1.82, 2.24) is 0 Å². The topological polar surface area (TPSA) is 40.9 Å². The van der Waals surface area contributed by atoms with Gasteiger partial charge in [0.2, 0.25) is 0 Å². The predicted molar refractivity (Wildman–Crippen MR) is 73.3 cm³/mol. The fourth-order valence-electron chi connectivity index (χ4n) is 1.88. The minimum Gasteiger partial charge on any atom is -0.298 e. The fourth-order valence-corrected chi connectivity index (χ4v) is 1.88. The van der Waals surface area contributed by atoms with Crippen molar-refractivity contribution in [2.24, 2.45) is 5.92 Å². The van der Waals surface area contributed by atoms with Gasteiger partial charge in [0.15, 0.2) is 5.78 Å². The summed E-state index contributed by atoms with van der Waals surface area (Å²) in [6.07, 6.45) is 1.46. The van der Waals surface area contributed by atoms with Crippen LogP contribution in [0.15, 0.2) is 18.2 Å². The van der Waals surface area contributed by atoms with Crippen molar-refractivity contribution >= 4 is 5.78 Å². The molecule has 0 fully saturated rings. The van der Waals surface area contributed by atoms with Gasteiger partial charge in [-0.1, -0.05) is 38.5 Å². The molecule has 0 N–H and O–H groups in total. The third kappa shape index (κ3) is 3.43. The summed E-state index contributed by atoms with van der Waals surface area (Å²) >= 11 is 0. The lowest BCUT2D eigenvalue weighted by atomic mass is 9.88. The Bertz CT molecular complexity index is 470. The monoisotopic (exact) mass is 243 g/mol. The van der Waals surface area contributed by atoms with Gasteiger partial charge in [-0.15, -0.1) is 0 Å². The standard InChI is InChI=1S/C16H21NO/c1-5-11(2)8-16(18)15(10-17)14-7-6-12(3)13(4)9-14/h6-7,9,11,15H,5,8H2,1-4H3. The van der Waals surface area contributed by atoms with E-state index in [1.165, 1.54) is 5.56 Å². The van der Waals surface area contributed by atoms with Gasteiger partial charge in [0, 0.05) is 6.42 Å². The highest BCUT2D eigenvalue weighted by molar-refractivity contribution is 5.88. The lowest BCUT2D eigenvalue weighted by Gasteiger charge is -2.13. The molecule has 0 spiro atoms. The van der Waals surface area contributed by atoms with Gasteiger partial charge in [-0.3, -0.25) is 4.79 Å². The zero-order valence-corrected chi connectivity index (χ0v) is 11.7. The Labute approximate surface area is 110 Å². The van der Waals surface area contributed by atoms with Crippen LogP contribution < -0.4 is 0 Å². The molecule has 1 aromatic carbocycles. The summed E-state index contributed by atoms with van der Waals surface area (Å²) in [4.78, 5) is 12.1. The van der Waals surface area contributed by atoms with Gasteiger partial charge >= 0.3 is 0 Å². The number of nitrogens with zero attached hydrogens (tertiary/aromatic N) is 1. The Morgan fingerprint density at radius 3 is 2.50 bits per heavy atom. The van der Waals surface area contributed by atoms with Gasteiger partial charge in [-0.05, 0) is 36.5 Å². The molecule has 1 aromatic rings. The lowest BCUT2D eigenvalue weighted by Crippen LogP contribution is -2.14. The number of carbonyl (C=O) groups is 1. The Morgan fingerprint density at radius 2 is 2.00 bits per heavy atom. The number of nitriles is 1. The average molecular weight is 243 g/mol. The van der Waals surface area contributed by atoms with Crippen LogP contribution in [-0.4, -0.2) is 5.78 Å². The number of benzene rings is 1. The first-order valence-electron chi connectivity index (χ1n) is 6.49. The van der Waals surface area contributed by atoms with Gasteiger partial charge < -0.3 is 0 Å². The molecule has 0 saturated carbocycles. The van der Waals surface area contributed by atoms with E-state index >= 15 is 0 Å². The molecule has 0 bridgehead atoms. The summed E-state index contributed by atoms with van der Waals surface area (Å²) in [5.41, 5.74) is 3.14. The van der Waals surface area contributed by atoms with Gasteiger partial charge in [0.25, 0.3) is 0 Å². The van der Waals surface area contributed by atoms with E-state index < -0.39 is 5.92 Å². The number of ketones is 1. The molecule has 0 saturated heterocycles. The molecule has 0 heterocycles. The fraction of sp³-hybridized carbons (Fsp3) is 0.500. The number of Topliss-reactive ketones (excluding diaryl/α,β-unsaturated/α-hetero) is 1. The number of carbonyl (C=O) groups excluding carboxylic acids is 1. The van der Waals surface area contributed by atoms with Gasteiger partial charge in [0.1, 0.15) is 5.92 Å². The van der Waals surface area contributed by atoms with E-state index in [0.29, 0.717) is 12.3 Å². The molecular formula is C16H21NO. The van der Waals surface area contributed by atoms with Crippen LogP contribution in [0.5, 0.6) is 0 Å². The highest BCUT2D eigenvalue weighted by Gasteiger charge is 2.21. The van der Waals surface area contributed by atoms with Crippen molar-refractivity contribution in [3.8, 4) is 6.07 Å². The van der Waals surface area contributed by atoms with Crippen LogP contribution in [0.4, 0.5) is 0 Å². The molecule has 2 atom stereocenters. The third-order valence-corrected chi connectivity index (χ3v) is 3.56. The molecule has 18 heavy (non-hydrogen) atoms. The van der Waals surface area contributed by atoms with Crippen LogP contribution in [0, 0.1) is 31.1 Å². The van der Waals surface area contributed by atoms with Crippen LogP contribution in [0.2, 0.25) is 0 Å². The van der Waals surface area contributed by atoms with Crippen LogP contribution in [0.1, 0.15) is 49.3 Å². The molecule has 0 amide bonds. The Kier molecular flexibility index (Phi) is 5.09. The Hall–Kier alpha value is -1.62. The van der Waals surface area contributed by atoms with E-state index in [-0.39, 0.29) is 5.78 Å². The van der Waals surface area contributed by atoms with E-state index in [2.05, 4.69) is 13.0 Å². The first-order valence-corrected chi connectivity index (χ1v) is 6.49. The number of hydrogen-bond acceptors (Lipinski definition) is 2. The van der Waals surface area contributed by atoms with Crippen molar-refractivity contribution in [2.45, 2.75) is 46.5 Å². The van der Waals surface area contributed by atoms with Crippen LogP contribution in [-0.2, 0) is 4.79 Å². The molecule has 96 valence electrons. The van der Waals surface area contributed by atoms with Gasteiger partial charge in [-0.25, -0.2) is 0 Å². The highest BCUT2D eigenvalue weighted by atomic mass is 16.1. The molecule has 2 unspecified atom stereocenters. The first-order chi connectivity index (χ1) is 8.49. The van der Waals surface area contributed by atoms with Gasteiger partial charge in [0.05, 0.1) is 6.07 Å². The molecule has 0 aromatic heterocycles. The summed E-state index contributed by atoms with van der Waals surface area (Å²) in [7, 11) is 0. The number of rotatable bonds is 5. The van der Waals surface area contributed by atoms with Crippen molar-refractivity contribution in [3.63, 3.8) is 0 Å². The lowest BCUT2D eigenvalue weighted by molar-refractivity contribution is -0.120. The molecule has 0 radical (unpaired) electrons. The first kappa shape index (κ1) is 14.4. The minimum absolute atomic E-state index is 0.0371. The molecule has 1 rings (SSSR count). The zero-order chi connectivity index (χ0) is 13.7. The van der Waals surface area contributed by atoms with Gasteiger partial charge in [-0.2, -0.15) is 5.26 Å². The second kappa shape index (κ2) is 6.35. The summed E-state index contributed by atoms with van der Waals surface area (Å²) in [6, 6.07) is 7.97. The Morgan fingerprint density at radius 1 is 1.33 bits per heavy atom. The van der Waals surface area contributed by atoms with E-state index in [4.69, 9.17) is 0 Å². The summed E-state index contributed by atoms with van der Waals surface area (Å²) in [6.45, 7) is 8.15. The van der Waals surface area contributed by atoms with Crippen molar-refractivity contribution < 1.29 is 4.79 Å². The molecular weight excluding hydrogens is 222 g/mol. The molecule has 0 aliphatic carbocycles. The van der Waals surface area contributed by atoms with E-state index in [9.17, 15) is 10.1 Å². The summed E-state index contributed by atoms with van der Waals surface area (Å²) in [5, 5.41) is 9.22. The van der Waals surface area contributed by atoms with E-state index in [1.54, 1.807) is 0 Å². The number of aryl methyl sites for hydroxylation is 2. The van der Waals surface area contributed by atoms with Crippen LogP contribution in [0.25, 0.3) is 0 Å². The predicted octanol–water partition coefficient (Wildman–Crippen LogP) is 3.92. The average Bonchev–Trinajstić information content (AvgIpc) is 2.34. The number of hydrogen-bond donors (Lipinski definition) is 0. The van der Waals surface area contributed by atoms with Crippen molar-refractivity contribution in [3.05, 3.63) is 34.9 Å². The van der Waals surface area contributed by atoms with E-state index in [0.717, 1.165) is 17.5 Å².